The third kappa shape index (κ3) is 63.0. The molecule has 0 radical (unpaired) electrons. The molecule has 0 aromatic rings. The second-order valence-corrected chi connectivity index (χ2v) is 4.98. The van der Waals surface area contributed by atoms with Gasteiger partial charge in [-0.3, -0.25) is 0 Å². The third-order valence-corrected chi connectivity index (χ3v) is 1.71. The van der Waals surface area contributed by atoms with Crippen LogP contribution < -0.4 is 31.7 Å². The number of carbonyl (C=O) groups is 5. The van der Waals surface area contributed by atoms with E-state index in [0.29, 0.717) is 0 Å². The fourth-order valence-corrected chi connectivity index (χ4v) is 0. The van der Waals surface area contributed by atoms with Gasteiger partial charge in [0.25, 0.3) is 0 Å². The minimum Gasteiger partial charge on any atom is -0.547 e. The summed E-state index contributed by atoms with van der Waals surface area (Å²) in [5.74, 6) is -7.18. The first-order valence-corrected chi connectivity index (χ1v) is 7.66. The van der Waals surface area contributed by atoms with Crippen molar-refractivity contribution < 1.29 is 101 Å². The zero-order chi connectivity index (χ0) is 25.8. The Morgan fingerprint density at radius 1 is 0.438 bits per heavy atom. The molecule has 0 spiro atoms. The van der Waals surface area contributed by atoms with Gasteiger partial charge in [0.05, 0.1) is 60.4 Å². The molecule has 0 aliphatic heterocycles. The molecule has 0 aromatic heterocycles. The molecule has 5 unspecified atom stereocenters. The number of carbonyl (C=O) groups excluding carboxylic acids is 5. The molecule has 188 valence electrons. The van der Waals surface area contributed by atoms with E-state index in [2.05, 4.69) is 0 Å². The molecular formula is C15H29HfNO15. The number of aliphatic hydroxyl groups excluding tert-OH is 5. The average Bonchev–Trinajstić information content (AvgIpc) is 2.56. The third-order valence-electron chi connectivity index (χ3n) is 1.71. The smallest absolute Gasteiger partial charge is 0.547 e. The van der Waals surface area contributed by atoms with E-state index >= 15 is 0 Å². The summed E-state index contributed by atoms with van der Waals surface area (Å²) in [5, 5.41) is 86.5. The Balaban J connectivity index is -0.0000000481. The largest absolute Gasteiger partial charge is 4.00 e. The second kappa shape index (κ2) is 29.0. The van der Waals surface area contributed by atoms with Crippen molar-refractivity contribution in [2.75, 3.05) is 0 Å². The predicted molar refractivity (Wildman–Crippen MR) is 89.4 cm³/mol. The van der Waals surface area contributed by atoms with Crippen LogP contribution >= 0.6 is 0 Å². The minimum absolute atomic E-state index is 0. The van der Waals surface area contributed by atoms with Crippen molar-refractivity contribution in [3.05, 3.63) is 0 Å². The summed E-state index contributed by atoms with van der Waals surface area (Å²) in [4.78, 5) is 46.7. The maximum atomic E-state index is 9.34. The molecule has 0 saturated heterocycles. The summed E-state index contributed by atoms with van der Waals surface area (Å²) in [6.45, 7) is 5.67. The number of aliphatic hydroxyl groups is 5. The van der Waals surface area contributed by atoms with E-state index in [4.69, 9.17) is 25.5 Å². The van der Waals surface area contributed by atoms with Gasteiger partial charge < -0.3 is 81.2 Å². The van der Waals surface area contributed by atoms with E-state index in [1.807, 2.05) is 0 Å². The molecular weight excluding hydrogens is 613 g/mol. The minimum atomic E-state index is -1.44. The fraction of sp³-hybridized carbons (Fsp3) is 0.667. The van der Waals surface area contributed by atoms with Crippen molar-refractivity contribution >= 4 is 29.8 Å². The number of carboxylic acids is 5. The number of quaternary nitrogens is 1. The van der Waals surface area contributed by atoms with Crippen LogP contribution in [-0.4, -0.2) is 85.9 Å². The van der Waals surface area contributed by atoms with E-state index in [-0.39, 0.29) is 32.0 Å². The Morgan fingerprint density at radius 3 is 0.469 bits per heavy atom. The van der Waals surface area contributed by atoms with Crippen molar-refractivity contribution in [3.63, 3.8) is 0 Å². The quantitative estimate of drug-likeness (QED) is 0.152. The molecule has 17 heteroatoms. The first-order chi connectivity index (χ1) is 13.2. The Kier molecular flexibility index (Phi) is 43.2. The number of hydrogen-bond donors (Lipinski definition) is 6. The Bertz CT molecular complexity index is 403. The van der Waals surface area contributed by atoms with Crippen LogP contribution in [0.25, 0.3) is 0 Å². The normalized spacial score (nSPS) is 12.8. The van der Waals surface area contributed by atoms with Crippen LogP contribution in [0.3, 0.4) is 0 Å². The number of aliphatic carboxylic acids is 5. The molecule has 5 atom stereocenters. The number of hydrogen-bond acceptors (Lipinski definition) is 15. The van der Waals surface area contributed by atoms with Gasteiger partial charge in [0.15, 0.2) is 0 Å². The van der Waals surface area contributed by atoms with E-state index in [9.17, 15) is 49.5 Å². The van der Waals surface area contributed by atoms with Gasteiger partial charge in [-0.15, -0.1) is 0 Å². The predicted octanol–water partition coefficient (Wildman–Crippen LogP) is -9.04. The van der Waals surface area contributed by atoms with Gasteiger partial charge in [-0.1, -0.05) is 0 Å². The average molecular weight is 642 g/mol. The van der Waals surface area contributed by atoms with Gasteiger partial charge in [-0.25, -0.2) is 0 Å². The van der Waals surface area contributed by atoms with Crippen LogP contribution in [0.2, 0.25) is 0 Å². The topological polar surface area (TPSA) is 338 Å². The van der Waals surface area contributed by atoms with E-state index in [1.54, 1.807) is 0 Å². The Hall–Kier alpha value is -2.02. The Morgan fingerprint density at radius 2 is 0.469 bits per heavy atom. The van der Waals surface area contributed by atoms with Crippen molar-refractivity contribution in [2.45, 2.75) is 65.1 Å². The molecule has 0 aromatic carbocycles. The van der Waals surface area contributed by atoms with Crippen molar-refractivity contribution in [1.29, 1.82) is 0 Å². The number of rotatable bonds is 5. The van der Waals surface area contributed by atoms with Gasteiger partial charge in [-0.2, -0.15) is 0 Å². The molecule has 0 fully saturated rings. The molecule has 0 aliphatic carbocycles. The summed E-state index contributed by atoms with van der Waals surface area (Å²) >= 11 is 0. The van der Waals surface area contributed by atoms with Gasteiger partial charge in [0.1, 0.15) is 0 Å². The molecule has 0 aliphatic rings. The SMILES string of the molecule is CC(O)C(=O)[O-].CC(O)C(=O)[O-].CC(O)C(=O)[O-].CC(O)C(=O)[O-].CC(O)C(=O)[O-].[Hf+4].[NH4+]. The van der Waals surface area contributed by atoms with Gasteiger partial charge in [-0.05, 0) is 34.6 Å². The molecule has 0 amide bonds. The zero-order valence-electron chi connectivity index (χ0n) is 18.2. The van der Waals surface area contributed by atoms with E-state index in [1.165, 1.54) is 0 Å². The first kappa shape index (κ1) is 47.7. The van der Waals surface area contributed by atoms with Crippen LogP contribution in [0, 0.1) is 0 Å². The molecule has 0 rings (SSSR count). The molecule has 16 nitrogen and oxygen atoms in total. The maximum absolute atomic E-state index is 9.34. The molecule has 32 heavy (non-hydrogen) atoms. The summed E-state index contributed by atoms with van der Waals surface area (Å²) in [6, 6.07) is 0. The summed E-state index contributed by atoms with van der Waals surface area (Å²) in [7, 11) is 0. The number of carboxylic acid groups (broad SMARTS) is 5. The fourth-order valence-electron chi connectivity index (χ4n) is 0. The van der Waals surface area contributed by atoms with Crippen LogP contribution in [-0.2, 0) is 49.8 Å². The van der Waals surface area contributed by atoms with Crippen molar-refractivity contribution in [3.8, 4) is 0 Å². The van der Waals surface area contributed by atoms with E-state index < -0.39 is 60.4 Å². The molecule has 9 N–H and O–H groups in total. The Labute approximate surface area is 202 Å². The van der Waals surface area contributed by atoms with Gasteiger partial charge in [0.2, 0.25) is 0 Å². The van der Waals surface area contributed by atoms with Crippen LogP contribution in [0.15, 0.2) is 0 Å². The second-order valence-electron chi connectivity index (χ2n) is 4.98. The zero-order valence-corrected chi connectivity index (χ0v) is 21.8. The molecule has 0 bridgehead atoms. The van der Waals surface area contributed by atoms with Crippen molar-refractivity contribution in [2.24, 2.45) is 0 Å². The standard InChI is InChI=1S/5C3H6O3.Hf.H3N/c5*1-2(4)3(5)6;;/h5*2,4H,1H3,(H,5,6);;1H3/q;;;;;+4;/p-4. The van der Waals surface area contributed by atoms with Crippen molar-refractivity contribution in [1.82, 2.24) is 6.15 Å². The van der Waals surface area contributed by atoms with E-state index in [0.717, 1.165) is 34.6 Å². The van der Waals surface area contributed by atoms with Gasteiger partial charge in [0, 0.05) is 0 Å². The van der Waals surface area contributed by atoms with Gasteiger partial charge >= 0.3 is 25.8 Å². The van der Waals surface area contributed by atoms with Crippen LogP contribution in [0.1, 0.15) is 34.6 Å². The summed E-state index contributed by atoms with van der Waals surface area (Å²) in [5.41, 5.74) is 0. The molecule has 0 saturated carbocycles. The summed E-state index contributed by atoms with van der Waals surface area (Å²) < 4.78 is 0. The van der Waals surface area contributed by atoms with Crippen LogP contribution in [0.4, 0.5) is 0 Å². The monoisotopic (exact) mass is 643 g/mol. The molecule has 0 heterocycles. The van der Waals surface area contributed by atoms with Crippen LogP contribution in [0.5, 0.6) is 0 Å². The maximum Gasteiger partial charge on any atom is 4.00 e. The summed E-state index contributed by atoms with van der Waals surface area (Å²) in [6.07, 6.45) is -6.71. The first-order valence-electron chi connectivity index (χ1n) is 7.66.